The lowest BCUT2D eigenvalue weighted by molar-refractivity contribution is -0.0686. The molecule has 3 nitrogen and oxygen atoms in total. The summed E-state index contributed by atoms with van der Waals surface area (Å²) in [7, 11) is 0. The Hall–Kier alpha value is -2.26. The number of fused-ring (bicyclic) bond motifs is 3. The molecule has 2 heterocycles. The monoisotopic (exact) mass is 335 g/mol. The van der Waals surface area contributed by atoms with Crippen molar-refractivity contribution in [2.45, 2.75) is 45.3 Å². The van der Waals surface area contributed by atoms with Crippen molar-refractivity contribution in [2.75, 3.05) is 6.61 Å². The topological polar surface area (TPSA) is 34.2 Å². The molecule has 2 aromatic carbocycles. The molecule has 0 saturated carbocycles. The summed E-state index contributed by atoms with van der Waals surface area (Å²) in [6.07, 6.45) is 2.93. The highest BCUT2D eigenvalue weighted by Gasteiger charge is 2.37. The third-order valence-electron chi connectivity index (χ3n) is 5.45. The van der Waals surface area contributed by atoms with Gasteiger partial charge in [-0.15, -0.1) is 0 Å². The van der Waals surface area contributed by atoms with Crippen LogP contribution in [0.2, 0.25) is 0 Å². The van der Waals surface area contributed by atoms with E-state index in [1.165, 1.54) is 27.7 Å². The van der Waals surface area contributed by atoms with Crippen molar-refractivity contribution in [1.29, 1.82) is 0 Å². The second-order valence-electron chi connectivity index (χ2n) is 6.76. The van der Waals surface area contributed by atoms with Gasteiger partial charge in [0.15, 0.2) is 0 Å². The van der Waals surface area contributed by atoms with Crippen LogP contribution in [0.4, 0.5) is 0 Å². The van der Waals surface area contributed by atoms with Gasteiger partial charge in [-0.05, 0) is 48.6 Å². The fourth-order valence-electron chi connectivity index (χ4n) is 3.93. The van der Waals surface area contributed by atoms with Crippen LogP contribution in [-0.2, 0) is 23.4 Å². The predicted molar refractivity (Wildman–Crippen MR) is 101 cm³/mol. The van der Waals surface area contributed by atoms with E-state index in [1.54, 1.807) is 0 Å². The molecule has 0 atom stereocenters. The maximum Gasteiger partial charge on any atom is 0.120 e. The highest BCUT2D eigenvalue weighted by Crippen LogP contribution is 2.41. The molecule has 3 aromatic rings. The maximum atomic E-state index is 6.19. The lowest BCUT2D eigenvalue weighted by atomic mass is 9.87. The van der Waals surface area contributed by atoms with E-state index < -0.39 is 0 Å². The molecule has 0 bridgehead atoms. The number of aromatic amines is 1. The summed E-state index contributed by atoms with van der Waals surface area (Å²) in [5, 5.41) is 1.27. The Labute approximate surface area is 149 Å². The quantitative estimate of drug-likeness (QED) is 0.683. The van der Waals surface area contributed by atoms with Gasteiger partial charge in [0.1, 0.15) is 18.0 Å². The molecule has 3 heteroatoms. The average Bonchev–Trinajstić information content (AvgIpc) is 3.05. The van der Waals surface area contributed by atoms with Gasteiger partial charge < -0.3 is 14.5 Å². The standard InChI is InChI=1S/C22H25NO2/c1-3-22(4-2)21-18(12-13-25-22)19-14-17(10-11-20(19)23-21)24-15-16-8-6-5-7-9-16/h5-11,14,23H,3-4,12-13,15H2,1-2H3. The van der Waals surface area contributed by atoms with Crippen LogP contribution in [0.3, 0.4) is 0 Å². The first kappa shape index (κ1) is 16.2. The molecule has 0 radical (unpaired) electrons. The minimum absolute atomic E-state index is 0.169. The third-order valence-corrected chi connectivity index (χ3v) is 5.45. The van der Waals surface area contributed by atoms with E-state index in [4.69, 9.17) is 9.47 Å². The van der Waals surface area contributed by atoms with Crippen LogP contribution in [0.5, 0.6) is 5.75 Å². The van der Waals surface area contributed by atoms with Gasteiger partial charge >= 0.3 is 0 Å². The average molecular weight is 335 g/mol. The fraction of sp³-hybridized carbons (Fsp3) is 0.364. The molecule has 25 heavy (non-hydrogen) atoms. The van der Waals surface area contributed by atoms with Crippen LogP contribution in [0.1, 0.15) is 43.5 Å². The number of rotatable bonds is 5. The third kappa shape index (κ3) is 2.83. The molecule has 1 aliphatic rings. The van der Waals surface area contributed by atoms with Crippen molar-refractivity contribution in [3.8, 4) is 5.75 Å². The molecular weight excluding hydrogens is 310 g/mol. The van der Waals surface area contributed by atoms with Crippen molar-refractivity contribution >= 4 is 10.9 Å². The number of benzene rings is 2. The van der Waals surface area contributed by atoms with Crippen molar-refractivity contribution in [3.05, 3.63) is 65.4 Å². The Morgan fingerprint density at radius 2 is 1.88 bits per heavy atom. The van der Waals surface area contributed by atoms with E-state index in [0.29, 0.717) is 6.61 Å². The van der Waals surface area contributed by atoms with Crippen LogP contribution >= 0.6 is 0 Å². The number of H-pyrrole nitrogens is 1. The van der Waals surface area contributed by atoms with Crippen molar-refractivity contribution in [2.24, 2.45) is 0 Å². The number of hydrogen-bond acceptors (Lipinski definition) is 2. The molecule has 0 aliphatic carbocycles. The van der Waals surface area contributed by atoms with E-state index in [0.717, 1.165) is 31.6 Å². The molecule has 0 unspecified atom stereocenters. The van der Waals surface area contributed by atoms with E-state index >= 15 is 0 Å². The summed E-state index contributed by atoms with van der Waals surface area (Å²) in [5.74, 6) is 0.920. The van der Waals surface area contributed by atoms with Crippen LogP contribution in [0.25, 0.3) is 10.9 Å². The van der Waals surface area contributed by atoms with Crippen LogP contribution < -0.4 is 4.74 Å². The minimum atomic E-state index is -0.169. The predicted octanol–water partition coefficient (Wildman–Crippen LogP) is 5.33. The van der Waals surface area contributed by atoms with Gasteiger partial charge in [0, 0.05) is 10.9 Å². The van der Waals surface area contributed by atoms with Gasteiger partial charge in [-0.3, -0.25) is 0 Å². The van der Waals surface area contributed by atoms with E-state index in [9.17, 15) is 0 Å². The first-order valence-electron chi connectivity index (χ1n) is 9.21. The zero-order valence-electron chi connectivity index (χ0n) is 15.0. The highest BCUT2D eigenvalue weighted by atomic mass is 16.5. The molecule has 0 spiro atoms. The number of hydrogen-bond donors (Lipinski definition) is 1. The molecule has 130 valence electrons. The van der Waals surface area contributed by atoms with E-state index in [2.05, 4.69) is 43.1 Å². The number of aromatic nitrogens is 1. The van der Waals surface area contributed by atoms with Crippen molar-refractivity contribution in [1.82, 2.24) is 4.98 Å². The van der Waals surface area contributed by atoms with E-state index in [-0.39, 0.29) is 5.60 Å². The smallest absolute Gasteiger partial charge is 0.120 e. The minimum Gasteiger partial charge on any atom is -0.489 e. The highest BCUT2D eigenvalue weighted by molar-refractivity contribution is 5.86. The van der Waals surface area contributed by atoms with Gasteiger partial charge in [-0.1, -0.05) is 44.2 Å². The summed E-state index contributed by atoms with van der Waals surface area (Å²) < 4.78 is 12.2. The van der Waals surface area contributed by atoms with Gasteiger partial charge in [0.25, 0.3) is 0 Å². The molecule has 1 aliphatic heterocycles. The SMILES string of the molecule is CCC1(CC)OCCc2c1[nH]c1ccc(OCc3ccccc3)cc21. The number of ether oxygens (including phenoxy) is 2. The Bertz CT molecular complexity index is 862. The normalized spacial score (nSPS) is 15.9. The second kappa shape index (κ2) is 6.57. The molecule has 1 aromatic heterocycles. The molecule has 0 saturated heterocycles. The van der Waals surface area contributed by atoms with E-state index in [1.807, 2.05) is 24.3 Å². The number of nitrogens with one attached hydrogen (secondary N) is 1. The molecule has 1 N–H and O–H groups in total. The summed E-state index contributed by atoms with van der Waals surface area (Å²) >= 11 is 0. The summed E-state index contributed by atoms with van der Waals surface area (Å²) in [6.45, 7) is 5.80. The Morgan fingerprint density at radius 3 is 2.64 bits per heavy atom. The Kier molecular flexibility index (Phi) is 4.26. The first-order valence-corrected chi connectivity index (χ1v) is 9.21. The van der Waals surface area contributed by atoms with Crippen molar-refractivity contribution < 1.29 is 9.47 Å². The Morgan fingerprint density at radius 1 is 1.08 bits per heavy atom. The Balaban J connectivity index is 1.67. The fourth-order valence-corrected chi connectivity index (χ4v) is 3.93. The van der Waals surface area contributed by atoms with Gasteiger partial charge in [-0.25, -0.2) is 0 Å². The van der Waals surface area contributed by atoms with Gasteiger partial charge in [0.2, 0.25) is 0 Å². The molecule has 0 amide bonds. The summed E-state index contributed by atoms with van der Waals surface area (Å²) in [4.78, 5) is 3.63. The molecular formula is C22H25NO2. The maximum absolute atomic E-state index is 6.19. The molecule has 0 fully saturated rings. The lowest BCUT2D eigenvalue weighted by Gasteiger charge is -2.36. The van der Waals surface area contributed by atoms with Crippen LogP contribution in [-0.4, -0.2) is 11.6 Å². The summed E-state index contributed by atoms with van der Waals surface area (Å²) in [6, 6.07) is 16.6. The second-order valence-corrected chi connectivity index (χ2v) is 6.76. The largest absolute Gasteiger partial charge is 0.489 e. The van der Waals surface area contributed by atoms with Crippen molar-refractivity contribution in [3.63, 3.8) is 0 Å². The lowest BCUT2D eigenvalue weighted by Crippen LogP contribution is -2.34. The zero-order chi connectivity index (χ0) is 17.3. The van der Waals surface area contributed by atoms with Crippen LogP contribution in [0.15, 0.2) is 48.5 Å². The van der Waals surface area contributed by atoms with Gasteiger partial charge in [-0.2, -0.15) is 0 Å². The van der Waals surface area contributed by atoms with Gasteiger partial charge in [0.05, 0.1) is 12.3 Å². The molecule has 4 rings (SSSR count). The van der Waals surface area contributed by atoms with Crippen LogP contribution in [0, 0.1) is 0 Å². The first-order chi connectivity index (χ1) is 12.3. The zero-order valence-corrected chi connectivity index (χ0v) is 15.0. The summed E-state index contributed by atoms with van der Waals surface area (Å²) in [5.41, 5.74) is 4.85.